The second-order valence-corrected chi connectivity index (χ2v) is 2.36. The molecule has 9 heavy (non-hydrogen) atoms. The fourth-order valence-corrected chi connectivity index (χ4v) is 0.860. The van der Waals surface area contributed by atoms with Crippen molar-refractivity contribution < 1.29 is 15.3 Å². The van der Waals surface area contributed by atoms with Crippen LogP contribution in [0.1, 0.15) is 6.42 Å². The first-order valence-electron chi connectivity index (χ1n) is 2.96. The van der Waals surface area contributed by atoms with Crippen LogP contribution >= 0.6 is 0 Å². The van der Waals surface area contributed by atoms with E-state index in [4.69, 9.17) is 15.3 Å². The predicted molar refractivity (Wildman–Crippen MR) is 30.7 cm³/mol. The fraction of sp³-hybridized carbons (Fsp3) is 1.00. The highest BCUT2D eigenvalue weighted by molar-refractivity contribution is 4.82. The summed E-state index contributed by atoms with van der Waals surface area (Å²) in [4.78, 5) is 0. The Kier molecular flexibility index (Phi) is 1.72. The zero-order chi connectivity index (χ0) is 6.91. The van der Waals surface area contributed by atoms with Crippen LogP contribution in [0.25, 0.3) is 0 Å². The highest BCUT2D eigenvalue weighted by Crippen LogP contribution is 2.11. The van der Waals surface area contributed by atoms with Crippen LogP contribution in [-0.4, -0.2) is 40.3 Å². The number of nitrogens with one attached hydrogen (secondary N) is 1. The number of piperidine rings is 1. The molecular formula is C5H11NO3. The molecule has 0 aromatic carbocycles. The van der Waals surface area contributed by atoms with Gasteiger partial charge < -0.3 is 20.6 Å². The molecular weight excluding hydrogens is 122 g/mol. The number of hydrogen-bond acceptors (Lipinski definition) is 4. The van der Waals surface area contributed by atoms with E-state index in [2.05, 4.69) is 5.32 Å². The van der Waals surface area contributed by atoms with Gasteiger partial charge in [-0.3, -0.25) is 0 Å². The van der Waals surface area contributed by atoms with Crippen molar-refractivity contribution in [3.63, 3.8) is 0 Å². The molecule has 1 aliphatic heterocycles. The third-order valence-electron chi connectivity index (χ3n) is 1.51. The number of β-amino-alcohol motifs (C(OH)–C–C–N with tert-alkyl or cyclic N) is 2. The van der Waals surface area contributed by atoms with Crippen LogP contribution < -0.4 is 5.32 Å². The molecule has 54 valence electrons. The molecule has 0 aromatic rings. The summed E-state index contributed by atoms with van der Waals surface area (Å²) in [6, 6.07) is 0. The minimum atomic E-state index is -1.92. The Hall–Kier alpha value is -0.160. The minimum absolute atomic E-state index is 0.0498. The van der Waals surface area contributed by atoms with E-state index in [0.717, 1.165) is 0 Å². The number of aliphatic hydroxyl groups is 3. The SMILES string of the molecule is OC1CCNCC1(O)O. The largest absolute Gasteiger partial charge is 0.387 e. The molecule has 0 saturated carbocycles. The molecule has 1 fully saturated rings. The Bertz CT molecular complexity index is 104. The molecule has 0 aromatic heterocycles. The number of aliphatic hydroxyl groups excluding tert-OH is 1. The maximum atomic E-state index is 8.90. The smallest absolute Gasteiger partial charge is 0.202 e. The second-order valence-electron chi connectivity index (χ2n) is 2.36. The average Bonchev–Trinajstić information content (AvgIpc) is 1.77. The summed E-state index contributed by atoms with van der Waals surface area (Å²) in [5.74, 6) is -1.92. The van der Waals surface area contributed by atoms with Crippen molar-refractivity contribution in [2.45, 2.75) is 18.3 Å². The van der Waals surface area contributed by atoms with Crippen molar-refractivity contribution in [2.24, 2.45) is 0 Å². The summed E-state index contributed by atoms with van der Waals surface area (Å²) in [6.45, 7) is 0.693. The van der Waals surface area contributed by atoms with E-state index in [0.29, 0.717) is 13.0 Å². The van der Waals surface area contributed by atoms with Gasteiger partial charge in [0, 0.05) is 0 Å². The van der Waals surface area contributed by atoms with Crippen LogP contribution in [0.15, 0.2) is 0 Å². The Labute approximate surface area is 53.1 Å². The third-order valence-corrected chi connectivity index (χ3v) is 1.51. The van der Waals surface area contributed by atoms with Gasteiger partial charge >= 0.3 is 0 Å². The second kappa shape index (κ2) is 2.22. The lowest BCUT2D eigenvalue weighted by Gasteiger charge is -2.31. The molecule has 0 aliphatic carbocycles. The Morgan fingerprint density at radius 1 is 1.44 bits per heavy atom. The molecule has 4 heteroatoms. The lowest BCUT2D eigenvalue weighted by atomic mass is 10.0. The first-order chi connectivity index (χ1) is 4.13. The minimum Gasteiger partial charge on any atom is -0.387 e. The monoisotopic (exact) mass is 133 g/mol. The molecule has 0 bridgehead atoms. The van der Waals surface area contributed by atoms with Crippen LogP contribution in [0.3, 0.4) is 0 Å². The molecule has 1 unspecified atom stereocenters. The molecule has 1 saturated heterocycles. The maximum absolute atomic E-state index is 8.90. The van der Waals surface area contributed by atoms with Crippen molar-refractivity contribution in [2.75, 3.05) is 13.1 Å². The topological polar surface area (TPSA) is 72.7 Å². The fourth-order valence-electron chi connectivity index (χ4n) is 0.860. The van der Waals surface area contributed by atoms with Crippen LogP contribution in [0.4, 0.5) is 0 Å². The molecule has 4 nitrogen and oxygen atoms in total. The highest BCUT2D eigenvalue weighted by Gasteiger charge is 2.35. The van der Waals surface area contributed by atoms with Gasteiger partial charge in [0.2, 0.25) is 5.79 Å². The Morgan fingerprint density at radius 2 is 2.11 bits per heavy atom. The molecule has 4 N–H and O–H groups in total. The summed E-state index contributed by atoms with van der Waals surface area (Å²) in [7, 11) is 0. The molecule has 1 rings (SSSR count). The van der Waals surface area contributed by atoms with E-state index in [9.17, 15) is 0 Å². The van der Waals surface area contributed by atoms with Crippen molar-refractivity contribution in [3.05, 3.63) is 0 Å². The van der Waals surface area contributed by atoms with Gasteiger partial charge in [-0.05, 0) is 13.0 Å². The molecule has 1 heterocycles. The standard InChI is InChI=1S/C5H11NO3/c7-4-1-2-6-3-5(4,8)9/h4,6-9H,1-3H2. The summed E-state index contributed by atoms with van der Waals surface area (Å²) >= 11 is 0. The van der Waals surface area contributed by atoms with Gasteiger partial charge in [-0.25, -0.2) is 0 Å². The van der Waals surface area contributed by atoms with Crippen molar-refractivity contribution in [3.8, 4) is 0 Å². The van der Waals surface area contributed by atoms with E-state index >= 15 is 0 Å². The lowest BCUT2D eigenvalue weighted by Crippen LogP contribution is -2.55. The normalized spacial score (nSPS) is 34.3. The first kappa shape index (κ1) is 6.95. The molecule has 0 radical (unpaired) electrons. The third kappa shape index (κ3) is 1.40. The van der Waals surface area contributed by atoms with E-state index in [1.165, 1.54) is 0 Å². The summed E-state index contributed by atoms with van der Waals surface area (Å²) in [5, 5.41) is 29.4. The van der Waals surface area contributed by atoms with E-state index in [1.807, 2.05) is 0 Å². The van der Waals surface area contributed by atoms with Crippen molar-refractivity contribution in [1.29, 1.82) is 0 Å². The summed E-state index contributed by atoms with van der Waals surface area (Å²) in [6.07, 6.45) is -0.605. The zero-order valence-corrected chi connectivity index (χ0v) is 5.04. The van der Waals surface area contributed by atoms with Gasteiger partial charge in [0.1, 0.15) is 6.10 Å². The van der Waals surface area contributed by atoms with Gasteiger partial charge in [-0.2, -0.15) is 0 Å². The van der Waals surface area contributed by atoms with E-state index < -0.39 is 11.9 Å². The lowest BCUT2D eigenvalue weighted by molar-refractivity contribution is -0.230. The van der Waals surface area contributed by atoms with Crippen molar-refractivity contribution >= 4 is 0 Å². The molecule has 0 amide bonds. The maximum Gasteiger partial charge on any atom is 0.202 e. The molecule has 0 spiro atoms. The van der Waals surface area contributed by atoms with Gasteiger partial charge in [0.15, 0.2) is 0 Å². The van der Waals surface area contributed by atoms with Crippen molar-refractivity contribution in [1.82, 2.24) is 5.32 Å². The zero-order valence-electron chi connectivity index (χ0n) is 5.04. The van der Waals surface area contributed by atoms with Crippen LogP contribution in [0, 0.1) is 0 Å². The number of hydrogen-bond donors (Lipinski definition) is 4. The molecule has 1 aliphatic rings. The summed E-state index contributed by atoms with van der Waals surface area (Å²) in [5.41, 5.74) is 0. The predicted octanol–water partition coefficient (Wildman–Crippen LogP) is -1.98. The van der Waals surface area contributed by atoms with Crippen LogP contribution in [0.2, 0.25) is 0 Å². The van der Waals surface area contributed by atoms with Crippen LogP contribution in [0.5, 0.6) is 0 Å². The first-order valence-corrected chi connectivity index (χ1v) is 2.96. The quantitative estimate of drug-likeness (QED) is 0.289. The molecule has 1 atom stereocenters. The highest BCUT2D eigenvalue weighted by atomic mass is 16.5. The van der Waals surface area contributed by atoms with E-state index in [1.54, 1.807) is 0 Å². The van der Waals surface area contributed by atoms with Crippen LogP contribution in [-0.2, 0) is 0 Å². The van der Waals surface area contributed by atoms with Gasteiger partial charge in [0.25, 0.3) is 0 Å². The van der Waals surface area contributed by atoms with E-state index in [-0.39, 0.29) is 6.54 Å². The van der Waals surface area contributed by atoms with Gasteiger partial charge in [-0.15, -0.1) is 0 Å². The number of rotatable bonds is 0. The summed E-state index contributed by atoms with van der Waals surface area (Å²) < 4.78 is 0. The Balaban J connectivity index is 2.49. The Morgan fingerprint density at radius 3 is 2.44 bits per heavy atom. The van der Waals surface area contributed by atoms with Gasteiger partial charge in [0.05, 0.1) is 6.54 Å². The van der Waals surface area contributed by atoms with Gasteiger partial charge in [-0.1, -0.05) is 0 Å². The average molecular weight is 133 g/mol.